The monoisotopic (exact) mass is 441 g/mol. The number of benzene rings is 2. The van der Waals surface area contributed by atoms with E-state index in [1.54, 1.807) is 18.3 Å². The minimum Gasteiger partial charge on any atom is -0.466 e. The average molecular weight is 442 g/mol. The van der Waals surface area contributed by atoms with Crippen LogP contribution < -0.4 is 4.72 Å². The van der Waals surface area contributed by atoms with E-state index >= 15 is 0 Å². The SMILES string of the molecule is CCOC(=O)C[C@H](N[S@](=O)c1ccc(C)cc1)c1cc(-c2c(C)cccc2C)cs1. The molecule has 6 heteroatoms. The lowest BCUT2D eigenvalue weighted by Crippen LogP contribution is -2.26. The first kappa shape index (κ1) is 22.4. The number of thiophene rings is 1. The fourth-order valence-corrected chi connectivity index (χ4v) is 5.40. The second kappa shape index (κ2) is 10.2. The molecule has 0 saturated carbocycles. The van der Waals surface area contributed by atoms with Crippen molar-refractivity contribution in [1.29, 1.82) is 0 Å². The number of hydrogen-bond acceptors (Lipinski definition) is 4. The standard InChI is InChI=1S/C24H27NO3S2/c1-5-28-23(26)14-21(25-30(27)20-11-9-16(2)10-12-20)22-13-19(15-29-22)24-17(3)7-6-8-18(24)4/h6-13,15,21,25H,5,14H2,1-4H3/t21-,30+/m0/s1. The van der Waals surface area contributed by atoms with Crippen molar-refractivity contribution in [2.24, 2.45) is 0 Å². The molecule has 0 radical (unpaired) electrons. The number of rotatable bonds is 8. The Balaban J connectivity index is 1.89. The molecule has 1 N–H and O–H groups in total. The predicted molar refractivity (Wildman–Crippen MR) is 124 cm³/mol. The van der Waals surface area contributed by atoms with Gasteiger partial charge in [0.1, 0.15) is 11.0 Å². The van der Waals surface area contributed by atoms with Gasteiger partial charge in [0.15, 0.2) is 0 Å². The van der Waals surface area contributed by atoms with Crippen molar-refractivity contribution in [2.45, 2.75) is 45.1 Å². The Morgan fingerprint density at radius 3 is 2.40 bits per heavy atom. The van der Waals surface area contributed by atoms with Crippen LogP contribution in [0.25, 0.3) is 11.1 Å². The minimum atomic E-state index is -1.44. The number of nitrogens with one attached hydrogen (secondary N) is 1. The Morgan fingerprint density at radius 2 is 1.77 bits per heavy atom. The molecule has 3 rings (SSSR count). The molecule has 30 heavy (non-hydrogen) atoms. The number of hydrogen-bond donors (Lipinski definition) is 1. The van der Waals surface area contributed by atoms with E-state index in [1.165, 1.54) is 16.7 Å². The zero-order valence-electron chi connectivity index (χ0n) is 17.7. The van der Waals surface area contributed by atoms with Gasteiger partial charge in [-0.15, -0.1) is 11.3 Å². The molecule has 2 atom stereocenters. The van der Waals surface area contributed by atoms with E-state index in [1.807, 2.05) is 31.2 Å². The van der Waals surface area contributed by atoms with Crippen LogP contribution >= 0.6 is 11.3 Å². The lowest BCUT2D eigenvalue weighted by atomic mass is 9.97. The maximum absolute atomic E-state index is 12.9. The normalized spacial score (nSPS) is 13.1. The zero-order chi connectivity index (χ0) is 21.7. The highest BCUT2D eigenvalue weighted by Crippen LogP contribution is 2.34. The first-order chi connectivity index (χ1) is 14.4. The second-order valence-electron chi connectivity index (χ2n) is 7.27. The molecular weight excluding hydrogens is 414 g/mol. The van der Waals surface area contributed by atoms with E-state index in [2.05, 4.69) is 48.2 Å². The summed E-state index contributed by atoms with van der Waals surface area (Å²) in [5.41, 5.74) is 5.84. The highest BCUT2D eigenvalue weighted by atomic mass is 32.2. The van der Waals surface area contributed by atoms with E-state index in [-0.39, 0.29) is 12.4 Å². The molecule has 0 saturated heterocycles. The van der Waals surface area contributed by atoms with E-state index in [0.717, 1.165) is 16.0 Å². The molecule has 0 bridgehead atoms. The minimum absolute atomic E-state index is 0.123. The Kier molecular flexibility index (Phi) is 7.58. The molecule has 0 aliphatic carbocycles. The molecule has 158 valence electrons. The molecule has 1 aromatic heterocycles. The van der Waals surface area contributed by atoms with Gasteiger partial charge in [0, 0.05) is 4.88 Å². The van der Waals surface area contributed by atoms with Gasteiger partial charge >= 0.3 is 5.97 Å². The summed E-state index contributed by atoms with van der Waals surface area (Å²) < 4.78 is 21.2. The van der Waals surface area contributed by atoms with Gasteiger partial charge < -0.3 is 4.74 Å². The van der Waals surface area contributed by atoms with Crippen LogP contribution in [0.15, 0.2) is 58.8 Å². The number of carbonyl (C=O) groups excluding carboxylic acids is 1. The maximum atomic E-state index is 12.9. The molecular formula is C24H27NO3S2. The third-order valence-corrected chi connectivity index (χ3v) is 7.14. The Labute approximate surface area is 184 Å². The molecule has 0 aliphatic rings. The van der Waals surface area contributed by atoms with Crippen LogP contribution in [0.2, 0.25) is 0 Å². The molecule has 0 spiro atoms. The van der Waals surface area contributed by atoms with Crippen molar-refractivity contribution in [1.82, 2.24) is 4.72 Å². The van der Waals surface area contributed by atoms with Crippen molar-refractivity contribution < 1.29 is 13.7 Å². The lowest BCUT2D eigenvalue weighted by molar-refractivity contribution is -0.143. The first-order valence-electron chi connectivity index (χ1n) is 9.94. The van der Waals surface area contributed by atoms with Crippen LogP contribution in [-0.4, -0.2) is 16.8 Å². The van der Waals surface area contributed by atoms with Crippen LogP contribution in [0.5, 0.6) is 0 Å². The van der Waals surface area contributed by atoms with Crippen molar-refractivity contribution in [3.63, 3.8) is 0 Å². The van der Waals surface area contributed by atoms with Gasteiger partial charge in [-0.05, 0) is 73.5 Å². The van der Waals surface area contributed by atoms with Gasteiger partial charge in [-0.3, -0.25) is 4.79 Å². The van der Waals surface area contributed by atoms with Gasteiger partial charge in [0.2, 0.25) is 0 Å². The topological polar surface area (TPSA) is 55.4 Å². The van der Waals surface area contributed by atoms with Crippen LogP contribution in [0.4, 0.5) is 0 Å². The summed E-state index contributed by atoms with van der Waals surface area (Å²) in [6.07, 6.45) is 0.123. The van der Waals surface area contributed by atoms with Crippen LogP contribution in [-0.2, 0) is 20.5 Å². The highest BCUT2D eigenvalue weighted by Gasteiger charge is 2.22. The van der Waals surface area contributed by atoms with Crippen molar-refractivity contribution in [3.05, 3.63) is 75.5 Å². The first-order valence-corrected chi connectivity index (χ1v) is 12.0. The summed E-state index contributed by atoms with van der Waals surface area (Å²) in [6, 6.07) is 15.5. The smallest absolute Gasteiger partial charge is 0.307 e. The summed E-state index contributed by atoms with van der Waals surface area (Å²) in [4.78, 5) is 13.9. The van der Waals surface area contributed by atoms with Gasteiger partial charge in [-0.1, -0.05) is 35.9 Å². The molecule has 0 fully saturated rings. The fraction of sp³-hybridized carbons (Fsp3) is 0.292. The number of ether oxygens (including phenoxy) is 1. The van der Waals surface area contributed by atoms with Crippen LogP contribution in [0, 0.1) is 20.8 Å². The van der Waals surface area contributed by atoms with Crippen LogP contribution in [0.1, 0.15) is 41.0 Å². The fourth-order valence-electron chi connectivity index (χ4n) is 3.38. The molecule has 2 aromatic carbocycles. The number of esters is 1. The van der Waals surface area contributed by atoms with E-state index in [4.69, 9.17) is 4.74 Å². The Morgan fingerprint density at radius 1 is 1.10 bits per heavy atom. The average Bonchev–Trinajstić information content (AvgIpc) is 3.17. The molecule has 0 amide bonds. The quantitative estimate of drug-likeness (QED) is 0.460. The van der Waals surface area contributed by atoms with Crippen LogP contribution in [0.3, 0.4) is 0 Å². The van der Waals surface area contributed by atoms with Gasteiger partial charge in [0.05, 0.1) is 24.0 Å². The number of aryl methyl sites for hydroxylation is 3. The van der Waals surface area contributed by atoms with Crippen molar-refractivity contribution >= 4 is 28.3 Å². The van der Waals surface area contributed by atoms with Gasteiger partial charge in [-0.2, -0.15) is 0 Å². The van der Waals surface area contributed by atoms with Crippen molar-refractivity contribution in [3.8, 4) is 11.1 Å². The summed E-state index contributed by atoms with van der Waals surface area (Å²) in [6.45, 7) is 8.30. The molecule has 0 unspecified atom stereocenters. The largest absolute Gasteiger partial charge is 0.466 e. The maximum Gasteiger partial charge on any atom is 0.307 e. The number of carbonyl (C=O) groups is 1. The van der Waals surface area contributed by atoms with E-state index in [0.29, 0.717) is 11.5 Å². The molecule has 0 aliphatic heterocycles. The third kappa shape index (κ3) is 5.45. The predicted octanol–water partition coefficient (Wildman–Crippen LogP) is 5.65. The lowest BCUT2D eigenvalue weighted by Gasteiger charge is -2.16. The highest BCUT2D eigenvalue weighted by molar-refractivity contribution is 7.83. The summed E-state index contributed by atoms with van der Waals surface area (Å²) in [5.74, 6) is -0.307. The second-order valence-corrected chi connectivity index (χ2v) is 9.45. The molecule has 3 aromatic rings. The van der Waals surface area contributed by atoms with Gasteiger partial charge in [0.25, 0.3) is 0 Å². The molecule has 4 nitrogen and oxygen atoms in total. The van der Waals surface area contributed by atoms with E-state index < -0.39 is 17.0 Å². The Hall–Kier alpha value is -2.28. The molecule has 1 heterocycles. The van der Waals surface area contributed by atoms with E-state index in [9.17, 15) is 9.00 Å². The van der Waals surface area contributed by atoms with Gasteiger partial charge in [-0.25, -0.2) is 8.93 Å². The summed E-state index contributed by atoms with van der Waals surface area (Å²) in [5, 5.41) is 2.10. The third-order valence-electron chi connectivity index (χ3n) is 4.89. The zero-order valence-corrected chi connectivity index (χ0v) is 19.4. The van der Waals surface area contributed by atoms with Crippen molar-refractivity contribution in [2.75, 3.05) is 6.61 Å². The summed E-state index contributed by atoms with van der Waals surface area (Å²) >= 11 is 1.56. The Bertz CT molecular complexity index is 1020. The summed E-state index contributed by atoms with van der Waals surface area (Å²) in [7, 11) is -1.44.